The second kappa shape index (κ2) is 13.1. The van der Waals surface area contributed by atoms with Gasteiger partial charge in [-0.05, 0) is 36.8 Å². The molecule has 0 saturated carbocycles. The molecule has 2 rings (SSSR count). The predicted octanol–water partition coefficient (Wildman–Crippen LogP) is 4.24. The standard InChI is InChI=1S/C19H27N3OS.HI/c1-16(17-8-4-3-5-9-17)23-14-7-12-21-19(20-2)22-13-11-18-10-6-15-24-18;/h3-6,8-10,15-16H,7,11-14H2,1-2H3,(H2,20,21,22);1H. The smallest absolute Gasteiger partial charge is 0.190 e. The molecular formula is C19H28IN3OS. The van der Waals surface area contributed by atoms with E-state index in [1.807, 2.05) is 18.2 Å². The highest BCUT2D eigenvalue weighted by Gasteiger charge is 2.04. The predicted molar refractivity (Wildman–Crippen MR) is 118 cm³/mol. The maximum absolute atomic E-state index is 5.87. The third-order valence-electron chi connectivity index (χ3n) is 3.72. The van der Waals surface area contributed by atoms with E-state index in [9.17, 15) is 0 Å². The van der Waals surface area contributed by atoms with Gasteiger partial charge < -0.3 is 15.4 Å². The molecule has 1 atom stereocenters. The van der Waals surface area contributed by atoms with Crippen LogP contribution >= 0.6 is 35.3 Å². The summed E-state index contributed by atoms with van der Waals surface area (Å²) in [7, 11) is 1.80. The Kier molecular flexibility index (Phi) is 11.5. The summed E-state index contributed by atoms with van der Waals surface area (Å²) in [5.74, 6) is 0.850. The first-order valence-corrected chi connectivity index (χ1v) is 9.31. The number of benzene rings is 1. The van der Waals surface area contributed by atoms with Crippen molar-refractivity contribution in [1.82, 2.24) is 10.6 Å². The van der Waals surface area contributed by atoms with E-state index in [4.69, 9.17) is 4.74 Å². The van der Waals surface area contributed by atoms with Gasteiger partial charge in [-0.3, -0.25) is 4.99 Å². The van der Waals surface area contributed by atoms with Gasteiger partial charge in [0.05, 0.1) is 6.10 Å². The molecule has 6 heteroatoms. The Morgan fingerprint density at radius 1 is 1.12 bits per heavy atom. The molecule has 1 heterocycles. The van der Waals surface area contributed by atoms with E-state index in [1.54, 1.807) is 18.4 Å². The summed E-state index contributed by atoms with van der Waals surface area (Å²) >= 11 is 1.79. The summed E-state index contributed by atoms with van der Waals surface area (Å²) in [6, 6.07) is 14.6. The van der Waals surface area contributed by atoms with Crippen LogP contribution in [0.15, 0.2) is 52.8 Å². The number of hydrogen-bond donors (Lipinski definition) is 2. The molecule has 0 aliphatic heterocycles. The summed E-state index contributed by atoms with van der Waals surface area (Å²) in [6.07, 6.45) is 2.10. The van der Waals surface area contributed by atoms with E-state index in [2.05, 4.69) is 52.2 Å². The molecule has 0 bridgehead atoms. The highest BCUT2D eigenvalue weighted by molar-refractivity contribution is 14.0. The van der Waals surface area contributed by atoms with Gasteiger partial charge in [-0.1, -0.05) is 36.4 Å². The molecule has 1 aromatic carbocycles. The Balaban J connectivity index is 0.00000312. The van der Waals surface area contributed by atoms with Crippen molar-refractivity contribution < 1.29 is 4.74 Å². The maximum Gasteiger partial charge on any atom is 0.190 e. The van der Waals surface area contributed by atoms with E-state index < -0.39 is 0 Å². The van der Waals surface area contributed by atoms with E-state index >= 15 is 0 Å². The molecular weight excluding hydrogens is 445 g/mol. The molecule has 0 saturated heterocycles. The minimum Gasteiger partial charge on any atom is -0.374 e. The first-order valence-electron chi connectivity index (χ1n) is 8.43. The van der Waals surface area contributed by atoms with Crippen LogP contribution in [0.4, 0.5) is 0 Å². The van der Waals surface area contributed by atoms with Crippen molar-refractivity contribution >= 4 is 41.3 Å². The Morgan fingerprint density at radius 3 is 2.56 bits per heavy atom. The Hall–Kier alpha value is -1.12. The second-order valence-electron chi connectivity index (χ2n) is 5.53. The van der Waals surface area contributed by atoms with Crippen molar-refractivity contribution in [3.05, 3.63) is 58.3 Å². The summed E-state index contributed by atoms with van der Waals surface area (Å²) in [4.78, 5) is 5.63. The summed E-state index contributed by atoms with van der Waals surface area (Å²) in [6.45, 7) is 4.56. The number of halogens is 1. The highest BCUT2D eigenvalue weighted by atomic mass is 127. The number of aliphatic imine (C=N–C) groups is 1. The van der Waals surface area contributed by atoms with Gasteiger partial charge in [-0.15, -0.1) is 35.3 Å². The fourth-order valence-electron chi connectivity index (χ4n) is 2.34. The van der Waals surface area contributed by atoms with Gasteiger partial charge in [0.2, 0.25) is 0 Å². The number of rotatable bonds is 9. The van der Waals surface area contributed by atoms with Crippen molar-refractivity contribution in [3.63, 3.8) is 0 Å². The number of ether oxygens (including phenoxy) is 1. The van der Waals surface area contributed by atoms with Crippen molar-refractivity contribution in [2.75, 3.05) is 26.7 Å². The summed E-state index contributed by atoms with van der Waals surface area (Å²) < 4.78 is 5.87. The van der Waals surface area contributed by atoms with Crippen LogP contribution in [-0.2, 0) is 11.2 Å². The van der Waals surface area contributed by atoms with Gasteiger partial charge in [0, 0.05) is 31.6 Å². The van der Waals surface area contributed by atoms with Crippen LogP contribution in [0.3, 0.4) is 0 Å². The van der Waals surface area contributed by atoms with Crippen LogP contribution in [-0.4, -0.2) is 32.7 Å². The van der Waals surface area contributed by atoms with Crippen LogP contribution in [0.1, 0.15) is 29.9 Å². The third-order valence-corrected chi connectivity index (χ3v) is 4.65. The quantitative estimate of drug-likeness (QED) is 0.248. The monoisotopic (exact) mass is 473 g/mol. The van der Waals surface area contributed by atoms with E-state index in [0.717, 1.165) is 38.5 Å². The maximum atomic E-state index is 5.87. The Morgan fingerprint density at radius 2 is 1.88 bits per heavy atom. The average Bonchev–Trinajstić information content (AvgIpc) is 3.14. The van der Waals surface area contributed by atoms with Crippen LogP contribution in [0.2, 0.25) is 0 Å². The molecule has 0 fully saturated rings. The van der Waals surface area contributed by atoms with Gasteiger partial charge >= 0.3 is 0 Å². The van der Waals surface area contributed by atoms with E-state index in [0.29, 0.717) is 0 Å². The number of nitrogens with zero attached hydrogens (tertiary/aromatic N) is 1. The zero-order chi connectivity index (χ0) is 17.0. The van der Waals surface area contributed by atoms with Gasteiger partial charge in [0.1, 0.15) is 0 Å². The van der Waals surface area contributed by atoms with Crippen LogP contribution < -0.4 is 10.6 Å². The second-order valence-corrected chi connectivity index (χ2v) is 6.56. The molecule has 4 nitrogen and oxygen atoms in total. The van der Waals surface area contributed by atoms with Crippen molar-refractivity contribution in [2.45, 2.75) is 25.9 Å². The lowest BCUT2D eigenvalue weighted by molar-refractivity contribution is 0.0646. The minimum absolute atomic E-state index is 0. The van der Waals surface area contributed by atoms with E-state index in [1.165, 1.54) is 10.4 Å². The lowest BCUT2D eigenvalue weighted by atomic mass is 10.1. The van der Waals surface area contributed by atoms with Gasteiger partial charge in [0.15, 0.2) is 5.96 Å². The number of thiophene rings is 1. The zero-order valence-corrected chi connectivity index (χ0v) is 18.1. The highest BCUT2D eigenvalue weighted by Crippen LogP contribution is 2.15. The summed E-state index contributed by atoms with van der Waals surface area (Å²) in [5, 5.41) is 8.77. The molecule has 0 aliphatic rings. The molecule has 1 aromatic heterocycles. The van der Waals surface area contributed by atoms with Gasteiger partial charge in [-0.2, -0.15) is 0 Å². The van der Waals surface area contributed by atoms with Crippen LogP contribution in [0.25, 0.3) is 0 Å². The van der Waals surface area contributed by atoms with Gasteiger partial charge in [-0.25, -0.2) is 0 Å². The van der Waals surface area contributed by atoms with Gasteiger partial charge in [0.25, 0.3) is 0 Å². The molecule has 0 amide bonds. The molecule has 0 aliphatic carbocycles. The molecule has 138 valence electrons. The number of hydrogen-bond acceptors (Lipinski definition) is 3. The fraction of sp³-hybridized carbons (Fsp3) is 0.421. The fourth-order valence-corrected chi connectivity index (χ4v) is 3.05. The molecule has 2 N–H and O–H groups in total. The van der Waals surface area contributed by atoms with Crippen LogP contribution in [0, 0.1) is 0 Å². The zero-order valence-electron chi connectivity index (χ0n) is 14.9. The normalized spacial score (nSPS) is 12.3. The van der Waals surface area contributed by atoms with Crippen molar-refractivity contribution in [1.29, 1.82) is 0 Å². The number of nitrogens with one attached hydrogen (secondary N) is 2. The number of guanidine groups is 1. The lowest BCUT2D eigenvalue weighted by Gasteiger charge is -2.14. The largest absolute Gasteiger partial charge is 0.374 e. The minimum atomic E-state index is 0. The van der Waals surface area contributed by atoms with Crippen LogP contribution in [0.5, 0.6) is 0 Å². The lowest BCUT2D eigenvalue weighted by Crippen LogP contribution is -2.38. The molecule has 2 aromatic rings. The van der Waals surface area contributed by atoms with Crippen molar-refractivity contribution in [2.24, 2.45) is 4.99 Å². The average molecular weight is 473 g/mol. The molecule has 0 spiro atoms. The molecule has 1 unspecified atom stereocenters. The SMILES string of the molecule is CN=C(NCCCOC(C)c1ccccc1)NCCc1cccs1.I. The topological polar surface area (TPSA) is 45.7 Å². The third kappa shape index (κ3) is 8.69. The van der Waals surface area contributed by atoms with E-state index in [-0.39, 0.29) is 30.1 Å². The molecule has 25 heavy (non-hydrogen) atoms. The first-order chi connectivity index (χ1) is 11.8. The summed E-state index contributed by atoms with van der Waals surface area (Å²) in [5.41, 5.74) is 1.22. The Bertz CT molecular complexity index is 590. The first kappa shape index (κ1) is 21.9. The van der Waals surface area contributed by atoms with Crippen molar-refractivity contribution in [3.8, 4) is 0 Å². The Labute approximate surface area is 172 Å². The molecule has 0 radical (unpaired) electrons.